The SMILES string of the molecule is CCC(C)C1C(C)=NC(=O)C(CNC(=O)c2cc(Cl)cc(N(CC)C3CCOCC3)c2C)C1CN(C)C. The van der Waals surface area contributed by atoms with Crippen LogP contribution in [0, 0.1) is 30.6 Å². The maximum absolute atomic E-state index is 13.5. The lowest BCUT2D eigenvalue weighted by Crippen LogP contribution is -2.49. The van der Waals surface area contributed by atoms with Crippen molar-refractivity contribution in [1.29, 1.82) is 0 Å². The van der Waals surface area contributed by atoms with E-state index in [2.05, 4.69) is 40.9 Å². The van der Waals surface area contributed by atoms with Gasteiger partial charge in [0.05, 0.1) is 5.92 Å². The minimum Gasteiger partial charge on any atom is -0.381 e. The van der Waals surface area contributed by atoms with E-state index in [1.54, 1.807) is 6.07 Å². The molecule has 4 unspecified atom stereocenters. The Kier molecular flexibility index (Phi) is 10.6. The standard InChI is InChI=1S/C29H45ClN4O3/c1-8-18(3)27-20(5)32-29(36)24(25(27)17-33(6)7)16-31-28(35)23-14-21(30)15-26(19(23)4)34(9-2)22-10-12-37-13-11-22/h14-15,18,22,24-25,27H,8-13,16-17H2,1-7H3,(H,31,35). The van der Waals surface area contributed by atoms with Crippen molar-refractivity contribution >= 4 is 34.8 Å². The molecule has 37 heavy (non-hydrogen) atoms. The molecule has 0 bridgehead atoms. The minimum atomic E-state index is -0.359. The summed E-state index contributed by atoms with van der Waals surface area (Å²) in [5, 5.41) is 3.62. The number of halogens is 1. The van der Waals surface area contributed by atoms with Crippen LogP contribution in [0.5, 0.6) is 0 Å². The fourth-order valence-corrected chi connectivity index (χ4v) is 6.39. The number of ether oxygens (including phenoxy) is 1. The second-order valence-corrected chi connectivity index (χ2v) is 11.4. The molecule has 0 aromatic heterocycles. The predicted octanol–water partition coefficient (Wildman–Crippen LogP) is 4.84. The van der Waals surface area contributed by atoms with Crippen molar-refractivity contribution < 1.29 is 14.3 Å². The summed E-state index contributed by atoms with van der Waals surface area (Å²) in [6, 6.07) is 4.05. The number of hydrogen-bond donors (Lipinski definition) is 1. The quantitative estimate of drug-likeness (QED) is 0.466. The van der Waals surface area contributed by atoms with Crippen LogP contribution in [-0.2, 0) is 9.53 Å². The van der Waals surface area contributed by atoms with E-state index in [1.807, 2.05) is 34.0 Å². The van der Waals surface area contributed by atoms with Crippen LogP contribution in [0.1, 0.15) is 62.9 Å². The third-order valence-corrected chi connectivity index (χ3v) is 8.47. The normalized spacial score (nSPS) is 23.6. The second-order valence-electron chi connectivity index (χ2n) is 11.0. The molecule has 0 saturated carbocycles. The van der Waals surface area contributed by atoms with Gasteiger partial charge in [-0.2, -0.15) is 0 Å². The van der Waals surface area contributed by atoms with E-state index in [1.165, 1.54) is 0 Å². The van der Waals surface area contributed by atoms with Crippen LogP contribution in [0.25, 0.3) is 0 Å². The van der Waals surface area contributed by atoms with Crippen LogP contribution < -0.4 is 10.2 Å². The molecule has 1 N–H and O–H groups in total. The highest BCUT2D eigenvalue weighted by Gasteiger charge is 2.42. The van der Waals surface area contributed by atoms with E-state index in [0.717, 1.165) is 62.5 Å². The van der Waals surface area contributed by atoms with Gasteiger partial charge < -0.3 is 19.9 Å². The predicted molar refractivity (Wildman–Crippen MR) is 152 cm³/mol. The van der Waals surface area contributed by atoms with Crippen LogP contribution in [-0.4, -0.2) is 75.4 Å². The molecule has 0 radical (unpaired) electrons. The Morgan fingerprint density at radius 1 is 1.22 bits per heavy atom. The summed E-state index contributed by atoms with van der Waals surface area (Å²) < 4.78 is 5.56. The number of aliphatic imine (C=N–C) groups is 1. The van der Waals surface area contributed by atoms with Gasteiger partial charge in [0, 0.05) is 66.8 Å². The summed E-state index contributed by atoms with van der Waals surface area (Å²) in [5.41, 5.74) is 3.36. The second kappa shape index (κ2) is 13.2. The van der Waals surface area contributed by atoms with Crippen molar-refractivity contribution in [2.45, 2.75) is 59.9 Å². The van der Waals surface area contributed by atoms with E-state index < -0.39 is 0 Å². The molecule has 1 fully saturated rings. The van der Waals surface area contributed by atoms with Gasteiger partial charge in [0.25, 0.3) is 11.8 Å². The van der Waals surface area contributed by atoms with Crippen LogP contribution in [0.2, 0.25) is 5.02 Å². The highest BCUT2D eigenvalue weighted by molar-refractivity contribution is 6.31. The van der Waals surface area contributed by atoms with E-state index >= 15 is 0 Å². The van der Waals surface area contributed by atoms with Gasteiger partial charge in [-0.3, -0.25) is 9.59 Å². The molecule has 2 aliphatic rings. The molecule has 1 aromatic rings. The summed E-state index contributed by atoms with van der Waals surface area (Å²) >= 11 is 6.54. The van der Waals surface area contributed by atoms with E-state index in [0.29, 0.717) is 22.5 Å². The fraction of sp³-hybridized carbons (Fsp3) is 0.690. The van der Waals surface area contributed by atoms with Crippen LogP contribution in [0.15, 0.2) is 17.1 Å². The summed E-state index contributed by atoms with van der Waals surface area (Å²) in [5.74, 6) is 0.0150. The highest BCUT2D eigenvalue weighted by atomic mass is 35.5. The number of nitrogens with one attached hydrogen (secondary N) is 1. The monoisotopic (exact) mass is 532 g/mol. The van der Waals surface area contributed by atoms with Crippen molar-refractivity contribution in [1.82, 2.24) is 10.2 Å². The summed E-state index contributed by atoms with van der Waals surface area (Å²) in [7, 11) is 4.06. The van der Waals surface area contributed by atoms with Gasteiger partial charge in [0.15, 0.2) is 0 Å². The van der Waals surface area contributed by atoms with Crippen LogP contribution >= 0.6 is 11.6 Å². The van der Waals surface area contributed by atoms with Gasteiger partial charge in [-0.25, -0.2) is 4.99 Å². The first-order valence-corrected chi connectivity index (χ1v) is 14.1. The number of nitrogens with zero attached hydrogens (tertiary/aromatic N) is 3. The zero-order valence-corrected chi connectivity index (χ0v) is 24.4. The van der Waals surface area contributed by atoms with Crippen LogP contribution in [0.4, 0.5) is 5.69 Å². The number of carbonyl (C=O) groups excluding carboxylic acids is 2. The largest absolute Gasteiger partial charge is 0.381 e. The molecule has 4 atom stereocenters. The lowest BCUT2D eigenvalue weighted by molar-refractivity contribution is -0.124. The molecule has 2 heterocycles. The van der Waals surface area contributed by atoms with Gasteiger partial charge in [-0.15, -0.1) is 0 Å². The van der Waals surface area contributed by atoms with Gasteiger partial charge >= 0.3 is 0 Å². The molecule has 1 aromatic carbocycles. The summed E-state index contributed by atoms with van der Waals surface area (Å²) in [6.45, 7) is 13.8. The lowest BCUT2D eigenvalue weighted by Gasteiger charge is -2.40. The van der Waals surface area contributed by atoms with Gasteiger partial charge in [0.1, 0.15) is 0 Å². The average molecular weight is 533 g/mol. The molecule has 7 nitrogen and oxygen atoms in total. The number of benzene rings is 1. The maximum Gasteiger partial charge on any atom is 0.251 e. The smallest absolute Gasteiger partial charge is 0.251 e. The first-order valence-electron chi connectivity index (χ1n) is 13.7. The first-order chi connectivity index (χ1) is 17.6. The van der Waals surface area contributed by atoms with Crippen LogP contribution in [0.3, 0.4) is 0 Å². The van der Waals surface area contributed by atoms with Crippen molar-refractivity contribution in [2.24, 2.45) is 28.7 Å². The molecular formula is C29H45ClN4O3. The Morgan fingerprint density at radius 3 is 2.49 bits per heavy atom. The number of rotatable bonds is 10. The lowest BCUT2D eigenvalue weighted by atomic mass is 9.70. The fourth-order valence-electron chi connectivity index (χ4n) is 6.18. The number of carbonyl (C=O) groups is 2. The Hall–Kier alpha value is -1.96. The topological polar surface area (TPSA) is 74.2 Å². The third kappa shape index (κ3) is 6.92. The van der Waals surface area contributed by atoms with Gasteiger partial charge in [0.2, 0.25) is 0 Å². The molecule has 8 heteroatoms. The molecule has 206 valence electrons. The number of hydrogen-bond acceptors (Lipinski definition) is 5. The van der Waals surface area contributed by atoms with E-state index in [9.17, 15) is 9.59 Å². The third-order valence-electron chi connectivity index (χ3n) is 8.25. The van der Waals surface area contributed by atoms with E-state index in [-0.39, 0.29) is 36.1 Å². The molecule has 3 rings (SSSR count). The molecule has 0 spiro atoms. The van der Waals surface area contributed by atoms with Crippen molar-refractivity contribution in [3.05, 3.63) is 28.3 Å². The van der Waals surface area contributed by atoms with Crippen molar-refractivity contribution in [3.8, 4) is 0 Å². The molecular weight excluding hydrogens is 488 g/mol. The zero-order chi connectivity index (χ0) is 27.3. The first kappa shape index (κ1) is 29.6. The number of amides is 2. The Balaban J connectivity index is 1.84. The molecule has 1 saturated heterocycles. The highest BCUT2D eigenvalue weighted by Crippen LogP contribution is 2.36. The maximum atomic E-state index is 13.5. The Bertz CT molecular complexity index is 990. The Morgan fingerprint density at radius 2 is 1.89 bits per heavy atom. The summed E-state index contributed by atoms with van der Waals surface area (Å²) in [4.78, 5) is 35.5. The number of anilines is 1. The molecule has 2 aliphatic heterocycles. The minimum absolute atomic E-state index is 0.0929. The average Bonchev–Trinajstić information content (AvgIpc) is 2.85. The molecule has 0 aliphatic carbocycles. The van der Waals surface area contributed by atoms with Gasteiger partial charge in [-0.1, -0.05) is 31.9 Å². The Labute approximate surface area is 228 Å². The van der Waals surface area contributed by atoms with E-state index in [4.69, 9.17) is 16.3 Å². The van der Waals surface area contributed by atoms with Crippen molar-refractivity contribution in [3.63, 3.8) is 0 Å². The summed E-state index contributed by atoms with van der Waals surface area (Å²) in [6.07, 6.45) is 2.92. The molecule has 2 amide bonds. The van der Waals surface area contributed by atoms with Gasteiger partial charge in [-0.05, 0) is 77.2 Å². The zero-order valence-electron chi connectivity index (χ0n) is 23.6. The van der Waals surface area contributed by atoms with Crippen molar-refractivity contribution in [2.75, 3.05) is 51.8 Å².